The molecule has 1 N–H and O–H groups in total. The van der Waals surface area contributed by atoms with Gasteiger partial charge in [-0.3, -0.25) is 4.79 Å². The lowest BCUT2D eigenvalue weighted by molar-refractivity contribution is -0.142. The van der Waals surface area contributed by atoms with Gasteiger partial charge in [0.25, 0.3) is 5.91 Å². The number of benzene rings is 2. The van der Waals surface area contributed by atoms with Crippen molar-refractivity contribution in [1.29, 1.82) is 0 Å². The van der Waals surface area contributed by atoms with Crippen LogP contribution in [0.4, 0.5) is 10.1 Å². The lowest BCUT2D eigenvalue weighted by Crippen LogP contribution is -2.20. The van der Waals surface area contributed by atoms with Crippen molar-refractivity contribution in [3.05, 3.63) is 71.0 Å². The first-order valence-corrected chi connectivity index (χ1v) is 7.06. The molecule has 0 aliphatic rings. The summed E-state index contributed by atoms with van der Waals surface area (Å²) in [7, 11) is 0. The Kier molecular flexibility index (Phi) is 5.88. The van der Waals surface area contributed by atoms with Gasteiger partial charge >= 0.3 is 5.97 Å². The largest absolute Gasteiger partial charge is 0.452 e. The number of hydrogen-bond donors (Lipinski definition) is 1. The highest BCUT2D eigenvalue weighted by Crippen LogP contribution is 2.11. The molecule has 0 bridgehead atoms. The van der Waals surface area contributed by atoms with Gasteiger partial charge in [-0.2, -0.15) is 0 Å². The minimum atomic E-state index is -0.644. The molecule has 0 radical (unpaired) electrons. The number of rotatable bonds is 5. The van der Waals surface area contributed by atoms with Crippen molar-refractivity contribution >= 4 is 35.2 Å². The van der Waals surface area contributed by atoms with Gasteiger partial charge in [-0.1, -0.05) is 23.7 Å². The molecule has 0 fully saturated rings. The van der Waals surface area contributed by atoms with Gasteiger partial charge in [0, 0.05) is 16.8 Å². The van der Waals surface area contributed by atoms with Crippen molar-refractivity contribution in [3.8, 4) is 0 Å². The Morgan fingerprint density at radius 3 is 2.39 bits per heavy atom. The van der Waals surface area contributed by atoms with Gasteiger partial charge in [-0.25, -0.2) is 9.18 Å². The molecule has 0 saturated heterocycles. The topological polar surface area (TPSA) is 55.4 Å². The predicted octanol–water partition coefficient (Wildman–Crippen LogP) is 3.67. The Hall–Kier alpha value is -2.66. The highest BCUT2D eigenvalue weighted by molar-refractivity contribution is 6.30. The molecule has 0 aromatic heterocycles. The van der Waals surface area contributed by atoms with Crippen LogP contribution in [0.5, 0.6) is 0 Å². The number of nitrogens with one attached hydrogen (secondary N) is 1. The van der Waals surface area contributed by atoms with E-state index in [-0.39, 0.29) is 0 Å². The number of ether oxygens (including phenoxy) is 1. The molecule has 23 heavy (non-hydrogen) atoms. The zero-order valence-electron chi connectivity index (χ0n) is 12.0. The van der Waals surface area contributed by atoms with Crippen molar-refractivity contribution in [3.63, 3.8) is 0 Å². The van der Waals surface area contributed by atoms with Crippen molar-refractivity contribution in [2.24, 2.45) is 0 Å². The monoisotopic (exact) mass is 333 g/mol. The minimum absolute atomic E-state index is 0.401. The zero-order chi connectivity index (χ0) is 16.7. The Morgan fingerprint density at radius 2 is 1.74 bits per heavy atom. The van der Waals surface area contributed by atoms with E-state index in [1.165, 1.54) is 30.3 Å². The standard InChI is InChI=1S/C17H13ClFNO3/c18-13-4-1-12(2-5-13)3-10-17(22)23-11-16(21)20-15-8-6-14(19)7-9-15/h1-10H,11H2,(H,20,21)/b10-3+. The second-order valence-electron chi connectivity index (χ2n) is 4.55. The summed E-state index contributed by atoms with van der Waals surface area (Å²) >= 11 is 5.75. The number of amides is 1. The van der Waals surface area contributed by atoms with Crippen LogP contribution < -0.4 is 5.32 Å². The normalized spacial score (nSPS) is 10.5. The predicted molar refractivity (Wildman–Crippen MR) is 86.5 cm³/mol. The van der Waals surface area contributed by atoms with Crippen molar-refractivity contribution < 1.29 is 18.7 Å². The smallest absolute Gasteiger partial charge is 0.331 e. The molecule has 2 aromatic rings. The lowest BCUT2D eigenvalue weighted by atomic mass is 10.2. The van der Waals surface area contributed by atoms with Crippen molar-refractivity contribution in [2.75, 3.05) is 11.9 Å². The van der Waals surface area contributed by atoms with Crippen LogP contribution in [0.1, 0.15) is 5.56 Å². The fraction of sp³-hybridized carbons (Fsp3) is 0.0588. The third-order valence-corrected chi connectivity index (χ3v) is 3.01. The van der Waals surface area contributed by atoms with Gasteiger partial charge in [0.05, 0.1) is 0 Å². The fourth-order valence-electron chi connectivity index (χ4n) is 1.65. The summed E-state index contributed by atoms with van der Waals surface area (Å²) < 4.78 is 17.5. The highest BCUT2D eigenvalue weighted by atomic mass is 35.5. The van der Waals surface area contributed by atoms with E-state index in [0.29, 0.717) is 10.7 Å². The van der Waals surface area contributed by atoms with E-state index in [1.807, 2.05) is 0 Å². The summed E-state index contributed by atoms with van der Waals surface area (Å²) in [5, 5.41) is 3.08. The van der Waals surface area contributed by atoms with E-state index in [2.05, 4.69) is 5.32 Å². The summed E-state index contributed by atoms with van der Waals surface area (Å²) in [6, 6.07) is 12.1. The molecule has 6 heteroatoms. The molecule has 0 unspecified atom stereocenters. The van der Waals surface area contributed by atoms with Gasteiger partial charge in [-0.05, 0) is 48.0 Å². The third-order valence-electron chi connectivity index (χ3n) is 2.76. The van der Waals surface area contributed by atoms with Crippen LogP contribution in [0, 0.1) is 5.82 Å². The van der Waals surface area contributed by atoms with Gasteiger partial charge < -0.3 is 10.1 Å². The van der Waals surface area contributed by atoms with E-state index in [0.717, 1.165) is 5.56 Å². The van der Waals surface area contributed by atoms with Crippen LogP contribution in [-0.4, -0.2) is 18.5 Å². The first kappa shape index (κ1) is 16.7. The molecular weight excluding hydrogens is 321 g/mol. The number of anilines is 1. The highest BCUT2D eigenvalue weighted by Gasteiger charge is 2.05. The number of carbonyl (C=O) groups is 2. The molecule has 0 heterocycles. The summed E-state index contributed by atoms with van der Waals surface area (Å²) in [4.78, 5) is 23.1. The molecule has 1 amide bonds. The number of hydrogen-bond acceptors (Lipinski definition) is 3. The maximum atomic E-state index is 12.7. The SMILES string of the molecule is O=C(COC(=O)/C=C/c1ccc(Cl)cc1)Nc1ccc(F)cc1. The van der Waals surface area contributed by atoms with E-state index in [4.69, 9.17) is 16.3 Å². The van der Waals surface area contributed by atoms with Gasteiger partial charge in [-0.15, -0.1) is 0 Å². The molecule has 0 aliphatic heterocycles. The molecule has 0 spiro atoms. The van der Waals surface area contributed by atoms with E-state index >= 15 is 0 Å². The van der Waals surface area contributed by atoms with E-state index in [9.17, 15) is 14.0 Å². The summed E-state index contributed by atoms with van der Waals surface area (Å²) in [6.45, 7) is -0.429. The summed E-state index contributed by atoms with van der Waals surface area (Å²) in [5.74, 6) is -1.55. The van der Waals surface area contributed by atoms with Gasteiger partial charge in [0.15, 0.2) is 6.61 Å². The van der Waals surface area contributed by atoms with Crippen LogP contribution in [0.15, 0.2) is 54.6 Å². The summed E-state index contributed by atoms with van der Waals surface area (Å²) in [6.07, 6.45) is 2.77. The second kappa shape index (κ2) is 8.10. The Morgan fingerprint density at radius 1 is 1.09 bits per heavy atom. The molecular formula is C17H13ClFNO3. The molecule has 0 atom stereocenters. The van der Waals surface area contributed by atoms with Gasteiger partial charge in [0.1, 0.15) is 5.82 Å². The van der Waals surface area contributed by atoms with Crippen LogP contribution in [0.25, 0.3) is 6.08 Å². The molecule has 2 rings (SSSR count). The van der Waals surface area contributed by atoms with E-state index < -0.39 is 24.3 Å². The van der Waals surface area contributed by atoms with Crippen molar-refractivity contribution in [2.45, 2.75) is 0 Å². The van der Waals surface area contributed by atoms with Crippen LogP contribution in [-0.2, 0) is 14.3 Å². The first-order valence-electron chi connectivity index (χ1n) is 6.69. The summed E-state index contributed by atoms with van der Waals surface area (Å²) in [5.41, 5.74) is 1.20. The van der Waals surface area contributed by atoms with Gasteiger partial charge in [0.2, 0.25) is 0 Å². The lowest BCUT2D eigenvalue weighted by Gasteiger charge is -2.05. The second-order valence-corrected chi connectivity index (χ2v) is 4.98. The van der Waals surface area contributed by atoms with Crippen LogP contribution in [0.3, 0.4) is 0 Å². The van der Waals surface area contributed by atoms with Crippen LogP contribution >= 0.6 is 11.6 Å². The molecule has 118 valence electrons. The van der Waals surface area contributed by atoms with Crippen LogP contribution in [0.2, 0.25) is 5.02 Å². The molecule has 2 aromatic carbocycles. The fourth-order valence-corrected chi connectivity index (χ4v) is 1.78. The maximum Gasteiger partial charge on any atom is 0.331 e. The molecule has 0 aliphatic carbocycles. The molecule has 0 saturated carbocycles. The molecule has 4 nitrogen and oxygen atoms in total. The Balaban J connectivity index is 1.78. The van der Waals surface area contributed by atoms with Crippen molar-refractivity contribution in [1.82, 2.24) is 0 Å². The van der Waals surface area contributed by atoms with E-state index in [1.54, 1.807) is 30.3 Å². The maximum absolute atomic E-state index is 12.7. The minimum Gasteiger partial charge on any atom is -0.452 e. The zero-order valence-corrected chi connectivity index (χ0v) is 12.7. The average Bonchev–Trinajstić information content (AvgIpc) is 2.54. The Bertz CT molecular complexity index is 712. The third kappa shape index (κ3) is 5.92. The Labute approximate surface area is 137 Å². The number of halogens is 2. The number of carbonyl (C=O) groups excluding carboxylic acids is 2. The first-order chi connectivity index (χ1) is 11.0. The quantitative estimate of drug-likeness (QED) is 0.671. The average molecular weight is 334 g/mol. The number of esters is 1.